The van der Waals surface area contributed by atoms with E-state index in [1.807, 2.05) is 30.3 Å². The highest BCUT2D eigenvalue weighted by molar-refractivity contribution is 5.75. The molecule has 3 N–H and O–H groups in total. The molecule has 0 aliphatic heterocycles. The van der Waals surface area contributed by atoms with Crippen LogP contribution in [-0.4, -0.2) is 30.2 Å². The van der Waals surface area contributed by atoms with Gasteiger partial charge >= 0.3 is 0 Å². The largest absolute Gasteiger partial charge is 0.389 e. The van der Waals surface area contributed by atoms with Gasteiger partial charge in [-0.1, -0.05) is 25.1 Å². The smallest absolute Gasteiger partial charge is 0.219 e. The van der Waals surface area contributed by atoms with Crippen LogP contribution in [0.1, 0.15) is 13.3 Å². The van der Waals surface area contributed by atoms with Gasteiger partial charge in [0.15, 0.2) is 0 Å². The maximum Gasteiger partial charge on any atom is 0.219 e. The molecule has 4 nitrogen and oxygen atoms in total. The molecular formula is C12H18N2O2. The minimum absolute atomic E-state index is 0.0428. The molecule has 1 unspecified atom stereocenters. The first-order chi connectivity index (χ1) is 7.72. The molecule has 0 bridgehead atoms. The van der Waals surface area contributed by atoms with Crippen LogP contribution in [-0.2, 0) is 4.79 Å². The lowest BCUT2D eigenvalue weighted by Crippen LogP contribution is -2.35. The average molecular weight is 222 g/mol. The Morgan fingerprint density at radius 2 is 2.00 bits per heavy atom. The van der Waals surface area contributed by atoms with Gasteiger partial charge in [0.1, 0.15) is 0 Å². The average Bonchev–Trinajstić information content (AvgIpc) is 2.34. The van der Waals surface area contributed by atoms with Crippen LogP contribution in [0.5, 0.6) is 0 Å². The highest BCUT2D eigenvalue weighted by atomic mass is 16.3. The maximum atomic E-state index is 10.9. The van der Waals surface area contributed by atoms with E-state index in [4.69, 9.17) is 0 Å². The zero-order chi connectivity index (χ0) is 11.8. The monoisotopic (exact) mass is 222 g/mol. The summed E-state index contributed by atoms with van der Waals surface area (Å²) < 4.78 is 0. The number of nitrogens with one attached hydrogen (secondary N) is 2. The molecule has 1 aromatic carbocycles. The van der Waals surface area contributed by atoms with E-state index in [1.54, 1.807) is 6.92 Å². The molecule has 1 aromatic rings. The second kappa shape index (κ2) is 6.85. The van der Waals surface area contributed by atoms with E-state index in [-0.39, 0.29) is 12.5 Å². The number of hydrogen-bond donors (Lipinski definition) is 3. The van der Waals surface area contributed by atoms with Crippen molar-refractivity contribution in [1.82, 2.24) is 5.32 Å². The number of carbonyl (C=O) groups is 1. The van der Waals surface area contributed by atoms with Crippen LogP contribution >= 0.6 is 0 Å². The fourth-order valence-electron chi connectivity index (χ4n) is 1.22. The molecule has 88 valence electrons. The molecule has 1 atom stereocenters. The molecule has 0 aliphatic rings. The van der Waals surface area contributed by atoms with E-state index in [1.165, 1.54) is 0 Å². The Morgan fingerprint density at radius 3 is 2.62 bits per heavy atom. The Bertz CT molecular complexity index is 314. The van der Waals surface area contributed by atoms with E-state index < -0.39 is 6.10 Å². The fraction of sp³-hybridized carbons (Fsp3) is 0.417. The van der Waals surface area contributed by atoms with Crippen LogP contribution in [0, 0.1) is 0 Å². The van der Waals surface area contributed by atoms with E-state index >= 15 is 0 Å². The first kappa shape index (κ1) is 12.5. The zero-order valence-electron chi connectivity index (χ0n) is 9.44. The molecule has 1 rings (SSSR count). The van der Waals surface area contributed by atoms with Crippen molar-refractivity contribution in [1.29, 1.82) is 0 Å². The predicted molar refractivity (Wildman–Crippen MR) is 64.2 cm³/mol. The molecule has 0 saturated heterocycles. The number of rotatable bonds is 6. The quantitative estimate of drug-likeness (QED) is 0.672. The highest BCUT2D eigenvalue weighted by Crippen LogP contribution is 2.04. The van der Waals surface area contributed by atoms with Gasteiger partial charge in [0.2, 0.25) is 5.91 Å². The second-order valence-electron chi connectivity index (χ2n) is 3.56. The van der Waals surface area contributed by atoms with Crippen molar-refractivity contribution in [2.75, 3.05) is 18.4 Å². The van der Waals surface area contributed by atoms with Crippen LogP contribution in [0.25, 0.3) is 0 Å². The molecule has 0 heterocycles. The summed E-state index contributed by atoms with van der Waals surface area (Å²) in [5.74, 6) is -0.0428. The predicted octanol–water partition coefficient (Wildman–Crippen LogP) is 0.986. The van der Waals surface area contributed by atoms with Crippen LogP contribution in [0.15, 0.2) is 30.3 Å². The van der Waals surface area contributed by atoms with Crippen LogP contribution in [0.2, 0.25) is 0 Å². The Hall–Kier alpha value is -1.55. The molecular weight excluding hydrogens is 204 g/mol. The summed E-state index contributed by atoms with van der Waals surface area (Å²) in [6, 6.07) is 9.64. The number of benzene rings is 1. The van der Waals surface area contributed by atoms with Gasteiger partial charge in [-0.05, 0) is 12.1 Å². The van der Waals surface area contributed by atoms with Gasteiger partial charge in [-0.25, -0.2) is 0 Å². The van der Waals surface area contributed by atoms with Crippen molar-refractivity contribution in [3.63, 3.8) is 0 Å². The van der Waals surface area contributed by atoms with Crippen LogP contribution in [0.4, 0.5) is 5.69 Å². The number of aliphatic hydroxyl groups excluding tert-OH is 1. The molecule has 0 aromatic heterocycles. The SMILES string of the molecule is CCC(=O)NCC(O)CNc1ccccc1. The van der Waals surface area contributed by atoms with E-state index in [2.05, 4.69) is 10.6 Å². The van der Waals surface area contributed by atoms with Crippen LogP contribution < -0.4 is 10.6 Å². The number of carbonyl (C=O) groups excluding carboxylic acids is 1. The van der Waals surface area contributed by atoms with Gasteiger partial charge in [0.25, 0.3) is 0 Å². The van der Waals surface area contributed by atoms with Gasteiger partial charge in [-0.3, -0.25) is 4.79 Å². The number of para-hydroxylation sites is 1. The normalized spacial score (nSPS) is 11.9. The molecule has 16 heavy (non-hydrogen) atoms. The van der Waals surface area contributed by atoms with E-state index in [9.17, 15) is 9.90 Å². The third kappa shape index (κ3) is 4.79. The fourth-order valence-corrected chi connectivity index (χ4v) is 1.22. The molecule has 1 amide bonds. The van der Waals surface area contributed by atoms with Gasteiger partial charge in [0, 0.05) is 25.2 Å². The van der Waals surface area contributed by atoms with Crippen molar-refractivity contribution in [3.05, 3.63) is 30.3 Å². The van der Waals surface area contributed by atoms with Gasteiger partial charge < -0.3 is 15.7 Å². The van der Waals surface area contributed by atoms with Gasteiger partial charge in [-0.2, -0.15) is 0 Å². The summed E-state index contributed by atoms with van der Waals surface area (Å²) in [6.45, 7) is 2.49. The lowest BCUT2D eigenvalue weighted by molar-refractivity contribution is -0.121. The van der Waals surface area contributed by atoms with Crippen LogP contribution in [0.3, 0.4) is 0 Å². The molecule has 0 radical (unpaired) electrons. The molecule has 4 heteroatoms. The third-order valence-electron chi connectivity index (χ3n) is 2.17. The van der Waals surface area contributed by atoms with E-state index in [0.29, 0.717) is 13.0 Å². The van der Waals surface area contributed by atoms with Gasteiger partial charge in [-0.15, -0.1) is 0 Å². The minimum Gasteiger partial charge on any atom is -0.389 e. The lowest BCUT2D eigenvalue weighted by Gasteiger charge is -2.13. The summed E-state index contributed by atoms with van der Waals surface area (Å²) in [6.07, 6.45) is -0.130. The maximum absolute atomic E-state index is 10.9. The summed E-state index contributed by atoms with van der Waals surface area (Å²) in [5, 5.41) is 15.3. The highest BCUT2D eigenvalue weighted by Gasteiger charge is 2.05. The Labute approximate surface area is 95.7 Å². The number of amides is 1. The standard InChI is InChI=1S/C12H18N2O2/c1-2-12(16)14-9-11(15)8-13-10-6-4-3-5-7-10/h3-7,11,13,15H,2,8-9H2,1H3,(H,14,16). The van der Waals surface area contributed by atoms with Crippen molar-refractivity contribution in [3.8, 4) is 0 Å². The number of aliphatic hydroxyl groups is 1. The zero-order valence-corrected chi connectivity index (χ0v) is 9.44. The third-order valence-corrected chi connectivity index (χ3v) is 2.17. The van der Waals surface area contributed by atoms with Gasteiger partial charge in [0.05, 0.1) is 6.10 Å². The van der Waals surface area contributed by atoms with Crippen molar-refractivity contribution in [2.45, 2.75) is 19.4 Å². The minimum atomic E-state index is -0.573. The molecule has 0 saturated carbocycles. The summed E-state index contributed by atoms with van der Waals surface area (Å²) in [4.78, 5) is 10.9. The first-order valence-corrected chi connectivity index (χ1v) is 5.46. The molecule has 0 aliphatic carbocycles. The van der Waals surface area contributed by atoms with Crippen molar-refractivity contribution >= 4 is 11.6 Å². The Kier molecular flexibility index (Phi) is 5.36. The summed E-state index contributed by atoms with van der Waals surface area (Å²) >= 11 is 0. The van der Waals surface area contributed by atoms with E-state index in [0.717, 1.165) is 5.69 Å². The van der Waals surface area contributed by atoms with Crippen molar-refractivity contribution < 1.29 is 9.90 Å². The number of hydrogen-bond acceptors (Lipinski definition) is 3. The summed E-state index contributed by atoms with van der Waals surface area (Å²) in [5.41, 5.74) is 0.961. The summed E-state index contributed by atoms with van der Waals surface area (Å²) in [7, 11) is 0. The second-order valence-corrected chi connectivity index (χ2v) is 3.56. The first-order valence-electron chi connectivity index (χ1n) is 5.46. The Balaban J connectivity index is 2.20. The lowest BCUT2D eigenvalue weighted by atomic mass is 10.3. The topological polar surface area (TPSA) is 61.4 Å². The number of anilines is 1. The molecule has 0 spiro atoms. The van der Waals surface area contributed by atoms with Crippen molar-refractivity contribution in [2.24, 2.45) is 0 Å². The Morgan fingerprint density at radius 1 is 1.31 bits per heavy atom. The molecule has 0 fully saturated rings.